The van der Waals surface area contributed by atoms with Gasteiger partial charge in [-0.15, -0.1) is 11.3 Å². The molecule has 27 heavy (non-hydrogen) atoms. The van der Waals surface area contributed by atoms with Crippen LogP contribution in [0.4, 0.5) is 5.13 Å². The number of thiazole rings is 1. The molecule has 9 heteroatoms. The molecule has 0 saturated heterocycles. The van der Waals surface area contributed by atoms with Gasteiger partial charge in [-0.3, -0.25) is 10.1 Å². The SMILES string of the molecule is COc1cccc(C(=O)Nc2nc(C)c(-c3nc(-c4cccs4)no3)s2)c1. The summed E-state index contributed by atoms with van der Waals surface area (Å²) in [6.07, 6.45) is 0. The average molecular weight is 398 g/mol. The number of carbonyl (C=O) groups excluding carboxylic acids is 1. The Morgan fingerprint density at radius 1 is 1.22 bits per heavy atom. The molecule has 1 N–H and O–H groups in total. The van der Waals surface area contributed by atoms with Crippen LogP contribution in [0.15, 0.2) is 46.3 Å². The van der Waals surface area contributed by atoms with Gasteiger partial charge in [-0.2, -0.15) is 4.98 Å². The standard InChI is InChI=1S/C18H14N4O3S2/c1-10-14(17-20-15(22-25-17)13-7-4-8-26-13)27-18(19-10)21-16(23)11-5-3-6-12(9-11)24-2/h3-9H,1-2H3,(H,19,21,23). The monoisotopic (exact) mass is 398 g/mol. The number of thiophene rings is 1. The number of nitrogens with zero attached hydrogens (tertiary/aromatic N) is 3. The van der Waals surface area contributed by atoms with Gasteiger partial charge in [-0.1, -0.05) is 28.6 Å². The Balaban J connectivity index is 1.55. The number of methoxy groups -OCH3 is 1. The Labute approximate surface area is 162 Å². The fraction of sp³-hybridized carbons (Fsp3) is 0.111. The summed E-state index contributed by atoms with van der Waals surface area (Å²) in [6, 6.07) is 10.8. The van der Waals surface area contributed by atoms with Gasteiger partial charge in [0.05, 0.1) is 17.7 Å². The zero-order valence-electron chi connectivity index (χ0n) is 14.4. The molecule has 4 aromatic rings. The minimum Gasteiger partial charge on any atom is -0.497 e. The molecule has 0 radical (unpaired) electrons. The van der Waals surface area contributed by atoms with Crippen molar-refractivity contribution in [1.82, 2.24) is 15.1 Å². The molecule has 3 aromatic heterocycles. The molecule has 0 fully saturated rings. The van der Waals surface area contributed by atoms with E-state index in [0.29, 0.717) is 33.9 Å². The molecule has 7 nitrogen and oxygen atoms in total. The number of anilines is 1. The van der Waals surface area contributed by atoms with Crippen molar-refractivity contribution in [1.29, 1.82) is 0 Å². The second kappa shape index (κ2) is 7.29. The maximum atomic E-state index is 12.4. The van der Waals surface area contributed by atoms with E-state index in [1.165, 1.54) is 22.7 Å². The van der Waals surface area contributed by atoms with Crippen LogP contribution in [0.1, 0.15) is 16.1 Å². The second-order valence-electron chi connectivity index (χ2n) is 5.52. The van der Waals surface area contributed by atoms with Crippen LogP contribution in [-0.4, -0.2) is 28.1 Å². The van der Waals surface area contributed by atoms with Gasteiger partial charge in [0.25, 0.3) is 11.8 Å². The minimum atomic E-state index is -0.265. The van der Waals surface area contributed by atoms with E-state index in [1.807, 2.05) is 24.4 Å². The first-order chi connectivity index (χ1) is 13.1. The van der Waals surface area contributed by atoms with E-state index in [0.717, 1.165) is 9.75 Å². The van der Waals surface area contributed by atoms with Crippen LogP contribution in [0, 0.1) is 6.92 Å². The highest BCUT2D eigenvalue weighted by Gasteiger charge is 2.19. The number of carbonyl (C=O) groups is 1. The third kappa shape index (κ3) is 3.60. The Morgan fingerprint density at radius 3 is 2.89 bits per heavy atom. The van der Waals surface area contributed by atoms with E-state index in [2.05, 4.69) is 20.4 Å². The van der Waals surface area contributed by atoms with Gasteiger partial charge < -0.3 is 9.26 Å². The molecule has 0 unspecified atom stereocenters. The summed E-state index contributed by atoms with van der Waals surface area (Å²) in [4.78, 5) is 22.9. The Kier molecular flexibility index (Phi) is 4.69. The van der Waals surface area contributed by atoms with Crippen molar-refractivity contribution < 1.29 is 14.1 Å². The molecule has 0 bridgehead atoms. The van der Waals surface area contributed by atoms with Gasteiger partial charge >= 0.3 is 0 Å². The van der Waals surface area contributed by atoms with Gasteiger partial charge in [-0.25, -0.2) is 4.98 Å². The molecule has 0 saturated carbocycles. The highest BCUT2D eigenvalue weighted by Crippen LogP contribution is 2.33. The maximum absolute atomic E-state index is 12.4. The molecule has 136 valence electrons. The number of aromatic nitrogens is 3. The fourth-order valence-electron chi connectivity index (χ4n) is 2.40. The third-order valence-corrected chi connectivity index (χ3v) is 5.64. The lowest BCUT2D eigenvalue weighted by atomic mass is 10.2. The predicted molar refractivity (Wildman–Crippen MR) is 104 cm³/mol. The Bertz CT molecular complexity index is 1090. The highest BCUT2D eigenvalue weighted by molar-refractivity contribution is 7.19. The van der Waals surface area contributed by atoms with Crippen molar-refractivity contribution in [2.75, 3.05) is 12.4 Å². The molecule has 0 aliphatic carbocycles. The summed E-state index contributed by atoms with van der Waals surface area (Å²) in [5.74, 6) is 1.27. The third-order valence-electron chi connectivity index (χ3n) is 3.71. The van der Waals surface area contributed by atoms with E-state index < -0.39 is 0 Å². The van der Waals surface area contributed by atoms with E-state index in [1.54, 1.807) is 31.4 Å². The Morgan fingerprint density at radius 2 is 2.11 bits per heavy atom. The number of hydrogen-bond donors (Lipinski definition) is 1. The first-order valence-electron chi connectivity index (χ1n) is 7.95. The normalized spacial score (nSPS) is 10.7. The van der Waals surface area contributed by atoms with Crippen LogP contribution in [0.25, 0.3) is 21.5 Å². The van der Waals surface area contributed by atoms with E-state index in [9.17, 15) is 4.79 Å². The van der Waals surface area contributed by atoms with Gasteiger partial charge in [0.15, 0.2) is 5.13 Å². The van der Waals surface area contributed by atoms with E-state index in [4.69, 9.17) is 9.26 Å². The number of hydrogen-bond acceptors (Lipinski definition) is 8. The fourth-order valence-corrected chi connectivity index (χ4v) is 3.94. The molecule has 0 aliphatic heterocycles. The van der Waals surface area contributed by atoms with Crippen molar-refractivity contribution in [3.8, 4) is 27.2 Å². The van der Waals surface area contributed by atoms with Crippen LogP contribution in [0.5, 0.6) is 5.75 Å². The van der Waals surface area contributed by atoms with Crippen molar-refractivity contribution in [3.05, 3.63) is 53.0 Å². The zero-order valence-corrected chi connectivity index (χ0v) is 16.1. The van der Waals surface area contributed by atoms with Crippen LogP contribution in [-0.2, 0) is 0 Å². The van der Waals surface area contributed by atoms with Crippen molar-refractivity contribution in [2.24, 2.45) is 0 Å². The van der Waals surface area contributed by atoms with Crippen LogP contribution in [0.3, 0.4) is 0 Å². The molecule has 1 amide bonds. The first-order valence-corrected chi connectivity index (χ1v) is 9.64. The molecular weight excluding hydrogens is 384 g/mol. The van der Waals surface area contributed by atoms with Gasteiger partial charge in [-0.05, 0) is 36.6 Å². The number of amides is 1. The van der Waals surface area contributed by atoms with Crippen molar-refractivity contribution in [2.45, 2.75) is 6.92 Å². The number of rotatable bonds is 5. The molecule has 0 spiro atoms. The zero-order chi connectivity index (χ0) is 18.8. The predicted octanol–water partition coefficient (Wildman–Crippen LogP) is 4.49. The molecule has 1 aromatic carbocycles. The van der Waals surface area contributed by atoms with E-state index in [-0.39, 0.29) is 5.91 Å². The van der Waals surface area contributed by atoms with Crippen LogP contribution in [0.2, 0.25) is 0 Å². The van der Waals surface area contributed by atoms with Crippen molar-refractivity contribution in [3.63, 3.8) is 0 Å². The number of ether oxygens (including phenoxy) is 1. The number of nitrogens with one attached hydrogen (secondary N) is 1. The van der Waals surface area contributed by atoms with Crippen molar-refractivity contribution >= 4 is 33.7 Å². The van der Waals surface area contributed by atoms with Gasteiger partial charge in [0.1, 0.15) is 10.6 Å². The van der Waals surface area contributed by atoms with Crippen LogP contribution >= 0.6 is 22.7 Å². The lowest BCUT2D eigenvalue weighted by Gasteiger charge is -2.04. The van der Waals surface area contributed by atoms with Crippen LogP contribution < -0.4 is 10.1 Å². The summed E-state index contributed by atoms with van der Waals surface area (Å²) in [6.45, 7) is 1.84. The van der Waals surface area contributed by atoms with Gasteiger partial charge in [0.2, 0.25) is 5.82 Å². The highest BCUT2D eigenvalue weighted by atomic mass is 32.1. The lowest BCUT2D eigenvalue weighted by molar-refractivity contribution is 0.102. The summed E-state index contributed by atoms with van der Waals surface area (Å²) in [5.41, 5.74) is 1.20. The Hall–Kier alpha value is -3.04. The summed E-state index contributed by atoms with van der Waals surface area (Å²) in [7, 11) is 1.56. The molecular formula is C18H14N4O3S2. The first kappa shape index (κ1) is 17.4. The van der Waals surface area contributed by atoms with Gasteiger partial charge in [0, 0.05) is 5.56 Å². The molecule has 4 rings (SSSR count). The maximum Gasteiger partial charge on any atom is 0.270 e. The average Bonchev–Trinajstić information content (AvgIpc) is 3.42. The molecule has 0 atom stereocenters. The minimum absolute atomic E-state index is 0.265. The number of benzene rings is 1. The summed E-state index contributed by atoms with van der Waals surface area (Å²) in [5, 5.41) is 9.23. The van der Waals surface area contributed by atoms with E-state index >= 15 is 0 Å². The second-order valence-corrected chi connectivity index (χ2v) is 7.47. The molecule has 0 aliphatic rings. The smallest absolute Gasteiger partial charge is 0.270 e. The lowest BCUT2D eigenvalue weighted by Crippen LogP contribution is -2.11. The summed E-state index contributed by atoms with van der Waals surface area (Å²) < 4.78 is 10.5. The topological polar surface area (TPSA) is 90.1 Å². The summed E-state index contributed by atoms with van der Waals surface area (Å²) >= 11 is 2.83. The molecule has 3 heterocycles. The largest absolute Gasteiger partial charge is 0.497 e. The quantitative estimate of drug-likeness (QED) is 0.533. The number of aryl methyl sites for hydroxylation is 1.